The molecule has 0 fully saturated rings. The maximum Gasteiger partial charge on any atom is 0.255 e. The van der Waals surface area contributed by atoms with Gasteiger partial charge in [0.2, 0.25) is 0 Å². The zero-order valence-electron chi connectivity index (χ0n) is 10.5. The molecule has 2 rings (SSSR count). The van der Waals surface area contributed by atoms with Crippen LogP contribution in [0.3, 0.4) is 0 Å². The number of aryl methyl sites for hydroxylation is 1. The number of phenolic OH excluding ortho intramolecular Hbond substituents is 1. The van der Waals surface area contributed by atoms with Gasteiger partial charge in [0, 0.05) is 11.3 Å². The van der Waals surface area contributed by atoms with Crippen molar-refractivity contribution in [3.8, 4) is 5.75 Å². The van der Waals surface area contributed by atoms with Crippen LogP contribution in [0.5, 0.6) is 5.75 Å². The number of rotatable bonds is 3. The Balaban J connectivity index is 2.13. The van der Waals surface area contributed by atoms with E-state index < -0.39 is 0 Å². The van der Waals surface area contributed by atoms with E-state index in [1.807, 2.05) is 12.1 Å². The number of benzene rings is 2. The van der Waals surface area contributed by atoms with Crippen molar-refractivity contribution >= 4 is 23.2 Å². The summed E-state index contributed by atoms with van der Waals surface area (Å²) in [6.07, 6.45) is 0.940. The fraction of sp³-hybridized carbons (Fsp3) is 0.133. The molecule has 0 unspecified atom stereocenters. The van der Waals surface area contributed by atoms with E-state index in [1.54, 1.807) is 18.2 Å². The number of nitrogens with one attached hydrogen (secondary N) is 1. The van der Waals surface area contributed by atoms with Crippen molar-refractivity contribution in [3.63, 3.8) is 0 Å². The lowest BCUT2D eigenvalue weighted by molar-refractivity contribution is 0.102. The predicted octanol–water partition coefficient (Wildman–Crippen LogP) is 3.86. The molecule has 0 aliphatic heterocycles. The number of anilines is 1. The molecule has 3 nitrogen and oxygen atoms in total. The molecule has 0 spiro atoms. The van der Waals surface area contributed by atoms with E-state index in [4.69, 9.17) is 11.6 Å². The number of hydrogen-bond acceptors (Lipinski definition) is 2. The second kappa shape index (κ2) is 5.76. The second-order valence-electron chi connectivity index (χ2n) is 4.17. The molecular weight excluding hydrogens is 262 g/mol. The standard InChI is InChI=1S/C15H14ClNO2/c1-2-10-3-5-11(6-4-10)15(19)17-12-7-8-14(18)13(16)9-12/h3-9,18H,2H2,1H3,(H,17,19). The van der Waals surface area contributed by atoms with Crippen molar-refractivity contribution in [3.05, 3.63) is 58.6 Å². The van der Waals surface area contributed by atoms with Crippen molar-refractivity contribution in [1.29, 1.82) is 0 Å². The summed E-state index contributed by atoms with van der Waals surface area (Å²) in [7, 11) is 0. The molecule has 98 valence electrons. The van der Waals surface area contributed by atoms with E-state index in [0.717, 1.165) is 6.42 Å². The molecule has 1 amide bonds. The Morgan fingerprint density at radius 3 is 2.47 bits per heavy atom. The molecule has 0 saturated carbocycles. The van der Waals surface area contributed by atoms with Gasteiger partial charge in [0.25, 0.3) is 5.91 Å². The van der Waals surface area contributed by atoms with Gasteiger partial charge in [-0.2, -0.15) is 0 Å². The monoisotopic (exact) mass is 275 g/mol. The molecule has 0 saturated heterocycles. The Bertz CT molecular complexity index is 594. The largest absolute Gasteiger partial charge is 0.506 e. The highest BCUT2D eigenvalue weighted by Gasteiger charge is 2.07. The van der Waals surface area contributed by atoms with E-state index >= 15 is 0 Å². The van der Waals surface area contributed by atoms with Gasteiger partial charge in [0.15, 0.2) is 0 Å². The van der Waals surface area contributed by atoms with Crippen LogP contribution in [0.4, 0.5) is 5.69 Å². The molecular formula is C15H14ClNO2. The van der Waals surface area contributed by atoms with Crippen LogP contribution >= 0.6 is 11.6 Å². The van der Waals surface area contributed by atoms with Gasteiger partial charge in [0.05, 0.1) is 5.02 Å². The Kier molecular flexibility index (Phi) is 4.07. The van der Waals surface area contributed by atoms with Gasteiger partial charge < -0.3 is 10.4 Å². The van der Waals surface area contributed by atoms with Crippen LogP contribution in [-0.4, -0.2) is 11.0 Å². The quantitative estimate of drug-likeness (QED) is 0.836. The van der Waals surface area contributed by atoms with Crippen molar-refractivity contribution in [2.24, 2.45) is 0 Å². The van der Waals surface area contributed by atoms with Gasteiger partial charge in [-0.15, -0.1) is 0 Å². The van der Waals surface area contributed by atoms with Gasteiger partial charge in [-0.3, -0.25) is 4.79 Å². The molecule has 19 heavy (non-hydrogen) atoms. The molecule has 0 atom stereocenters. The minimum atomic E-state index is -0.204. The summed E-state index contributed by atoms with van der Waals surface area (Å²) >= 11 is 5.78. The van der Waals surface area contributed by atoms with Gasteiger partial charge >= 0.3 is 0 Å². The van der Waals surface area contributed by atoms with Crippen molar-refractivity contribution in [2.45, 2.75) is 13.3 Å². The molecule has 2 aromatic carbocycles. The lowest BCUT2D eigenvalue weighted by Crippen LogP contribution is -2.11. The summed E-state index contributed by atoms with van der Waals surface area (Å²) < 4.78 is 0. The highest BCUT2D eigenvalue weighted by molar-refractivity contribution is 6.32. The molecule has 0 radical (unpaired) electrons. The minimum absolute atomic E-state index is 0.00744. The Labute approximate surface area is 116 Å². The number of phenols is 1. The second-order valence-corrected chi connectivity index (χ2v) is 4.58. The summed E-state index contributed by atoms with van der Waals surface area (Å²) in [4.78, 5) is 12.0. The molecule has 0 aromatic heterocycles. The first kappa shape index (κ1) is 13.4. The van der Waals surface area contributed by atoms with Crippen LogP contribution < -0.4 is 5.32 Å². The number of halogens is 1. The predicted molar refractivity (Wildman–Crippen MR) is 76.9 cm³/mol. The van der Waals surface area contributed by atoms with Gasteiger partial charge in [-0.1, -0.05) is 30.7 Å². The van der Waals surface area contributed by atoms with Crippen LogP contribution in [0.1, 0.15) is 22.8 Å². The van der Waals surface area contributed by atoms with Gasteiger partial charge in [-0.05, 0) is 42.3 Å². The van der Waals surface area contributed by atoms with E-state index in [-0.39, 0.29) is 16.7 Å². The molecule has 2 N–H and O–H groups in total. The SMILES string of the molecule is CCc1ccc(C(=O)Nc2ccc(O)c(Cl)c2)cc1. The maximum absolute atomic E-state index is 12.0. The molecule has 0 heterocycles. The number of carbonyl (C=O) groups excluding carboxylic acids is 1. The first-order valence-electron chi connectivity index (χ1n) is 5.99. The topological polar surface area (TPSA) is 49.3 Å². The summed E-state index contributed by atoms with van der Waals surface area (Å²) in [6.45, 7) is 2.06. The third-order valence-corrected chi connectivity index (χ3v) is 3.13. The zero-order valence-corrected chi connectivity index (χ0v) is 11.2. The van der Waals surface area contributed by atoms with Crippen LogP contribution in [0, 0.1) is 0 Å². The Morgan fingerprint density at radius 1 is 1.21 bits per heavy atom. The average Bonchev–Trinajstić information content (AvgIpc) is 2.43. The summed E-state index contributed by atoms with van der Waals surface area (Å²) in [5.74, 6) is -0.212. The fourth-order valence-electron chi connectivity index (χ4n) is 1.68. The van der Waals surface area contributed by atoms with E-state index in [0.29, 0.717) is 11.3 Å². The Hall–Kier alpha value is -2.00. The number of hydrogen-bond donors (Lipinski definition) is 2. The van der Waals surface area contributed by atoms with Gasteiger partial charge in [0.1, 0.15) is 5.75 Å². The summed E-state index contributed by atoms with van der Waals surface area (Å²) in [5.41, 5.74) is 2.32. The van der Waals surface area contributed by atoms with Crippen molar-refractivity contribution in [1.82, 2.24) is 0 Å². The van der Waals surface area contributed by atoms with E-state index in [9.17, 15) is 9.90 Å². The minimum Gasteiger partial charge on any atom is -0.506 e. The van der Waals surface area contributed by atoms with Crippen molar-refractivity contribution < 1.29 is 9.90 Å². The Morgan fingerprint density at radius 2 is 1.89 bits per heavy atom. The van der Waals surface area contributed by atoms with E-state index in [2.05, 4.69) is 12.2 Å². The molecule has 0 bridgehead atoms. The average molecular weight is 276 g/mol. The van der Waals surface area contributed by atoms with Crippen LogP contribution in [0.2, 0.25) is 5.02 Å². The van der Waals surface area contributed by atoms with Crippen molar-refractivity contribution in [2.75, 3.05) is 5.32 Å². The third kappa shape index (κ3) is 3.26. The van der Waals surface area contributed by atoms with E-state index in [1.165, 1.54) is 17.7 Å². The molecule has 2 aromatic rings. The fourth-order valence-corrected chi connectivity index (χ4v) is 1.86. The van der Waals surface area contributed by atoms with Crippen LogP contribution in [-0.2, 0) is 6.42 Å². The lowest BCUT2D eigenvalue weighted by Gasteiger charge is -2.07. The van der Waals surface area contributed by atoms with Gasteiger partial charge in [-0.25, -0.2) is 0 Å². The number of amides is 1. The smallest absolute Gasteiger partial charge is 0.255 e. The summed E-state index contributed by atoms with van der Waals surface area (Å²) in [6, 6.07) is 12.0. The molecule has 4 heteroatoms. The first-order valence-corrected chi connectivity index (χ1v) is 6.36. The zero-order chi connectivity index (χ0) is 13.8. The summed E-state index contributed by atoms with van der Waals surface area (Å²) in [5, 5.41) is 12.2. The third-order valence-electron chi connectivity index (χ3n) is 2.83. The first-order chi connectivity index (χ1) is 9.10. The highest BCUT2D eigenvalue weighted by Crippen LogP contribution is 2.26. The number of aromatic hydroxyl groups is 1. The highest BCUT2D eigenvalue weighted by atomic mass is 35.5. The van der Waals surface area contributed by atoms with Crippen LogP contribution in [0.25, 0.3) is 0 Å². The molecule has 0 aliphatic carbocycles. The maximum atomic E-state index is 12.0. The van der Waals surface area contributed by atoms with Crippen LogP contribution in [0.15, 0.2) is 42.5 Å². The normalized spacial score (nSPS) is 10.2. The lowest BCUT2D eigenvalue weighted by atomic mass is 10.1. The molecule has 0 aliphatic rings. The number of carbonyl (C=O) groups is 1.